The Kier molecular flexibility index (Phi) is 4.08. The molecule has 4 nitrogen and oxygen atoms in total. The van der Waals surface area contributed by atoms with E-state index in [1.807, 2.05) is 4.90 Å². The molecule has 1 aliphatic carbocycles. The minimum Gasteiger partial charge on any atom is -0.339 e. The van der Waals surface area contributed by atoms with Crippen molar-refractivity contribution in [2.24, 2.45) is 11.8 Å². The van der Waals surface area contributed by atoms with E-state index in [4.69, 9.17) is 11.6 Å². The minimum absolute atomic E-state index is 0.0278. The maximum atomic E-state index is 13.8. The summed E-state index contributed by atoms with van der Waals surface area (Å²) in [5, 5.41) is 0.267. The van der Waals surface area contributed by atoms with E-state index in [0.29, 0.717) is 32.1 Å². The van der Waals surface area contributed by atoms with Gasteiger partial charge in [-0.25, -0.2) is 4.39 Å². The number of amides is 2. The molecule has 0 bridgehead atoms. The lowest BCUT2D eigenvalue weighted by Gasteiger charge is -2.35. The molecule has 6 heteroatoms. The Morgan fingerprint density at radius 2 is 1.77 bits per heavy atom. The average molecular weight is 325 g/mol. The smallest absolute Gasteiger partial charge is 0.256 e. The van der Waals surface area contributed by atoms with Gasteiger partial charge in [-0.3, -0.25) is 9.59 Å². The number of hydrogen-bond acceptors (Lipinski definition) is 2. The molecule has 1 aromatic rings. The summed E-state index contributed by atoms with van der Waals surface area (Å²) < 4.78 is 13.8. The normalized spacial score (nSPS) is 24.3. The highest BCUT2D eigenvalue weighted by Gasteiger charge is 2.42. The maximum Gasteiger partial charge on any atom is 0.256 e. The molecule has 0 N–H and O–H groups in total. The number of carbonyl (C=O) groups excluding carboxylic acids is 2. The number of rotatable bonds is 2. The van der Waals surface area contributed by atoms with Gasteiger partial charge in [0.25, 0.3) is 5.91 Å². The van der Waals surface area contributed by atoms with Crippen molar-refractivity contribution < 1.29 is 14.0 Å². The van der Waals surface area contributed by atoms with Crippen molar-refractivity contribution in [1.82, 2.24) is 9.80 Å². The van der Waals surface area contributed by atoms with Crippen molar-refractivity contribution in [2.45, 2.75) is 13.3 Å². The van der Waals surface area contributed by atoms with E-state index in [0.717, 1.165) is 12.5 Å². The van der Waals surface area contributed by atoms with Gasteiger partial charge >= 0.3 is 0 Å². The Morgan fingerprint density at radius 1 is 1.18 bits per heavy atom. The summed E-state index contributed by atoms with van der Waals surface area (Å²) in [6, 6.07) is 4.05. The molecule has 2 atom stereocenters. The Morgan fingerprint density at radius 3 is 2.32 bits per heavy atom. The van der Waals surface area contributed by atoms with Gasteiger partial charge in [0, 0.05) is 37.1 Å². The first kappa shape index (κ1) is 15.3. The lowest BCUT2D eigenvalue weighted by Crippen LogP contribution is -2.51. The Hall–Kier alpha value is -1.62. The second-order valence-corrected chi connectivity index (χ2v) is 6.50. The summed E-state index contributed by atoms with van der Waals surface area (Å²) in [6.07, 6.45) is 0.966. The molecule has 3 rings (SSSR count). The van der Waals surface area contributed by atoms with E-state index < -0.39 is 5.82 Å². The standard InChI is InChI=1S/C16H18ClFN2O2/c1-10-8-13(10)16(22)20-6-4-19(5-7-20)15(21)12-3-2-11(17)9-14(12)18/h2-3,9-10,13H,4-8H2,1H3/t10-,13-/m1/s1. The van der Waals surface area contributed by atoms with Crippen LogP contribution in [0, 0.1) is 17.7 Å². The van der Waals surface area contributed by atoms with E-state index in [-0.39, 0.29) is 28.3 Å². The van der Waals surface area contributed by atoms with E-state index in [1.54, 1.807) is 4.90 Å². The molecule has 118 valence electrons. The second kappa shape index (κ2) is 5.88. The zero-order valence-corrected chi connectivity index (χ0v) is 13.1. The first-order chi connectivity index (χ1) is 10.5. The molecular formula is C16H18ClFN2O2. The Balaban J connectivity index is 1.61. The Bertz CT molecular complexity index is 614. The number of hydrogen-bond donors (Lipinski definition) is 0. The van der Waals surface area contributed by atoms with Crippen LogP contribution in [-0.2, 0) is 4.79 Å². The van der Waals surface area contributed by atoms with Gasteiger partial charge in [-0.15, -0.1) is 0 Å². The third-order valence-corrected chi connectivity index (χ3v) is 4.70. The molecule has 2 fully saturated rings. The van der Waals surface area contributed by atoms with Crippen molar-refractivity contribution in [1.29, 1.82) is 0 Å². The largest absolute Gasteiger partial charge is 0.339 e. The number of halogens is 2. The zero-order chi connectivity index (χ0) is 15.9. The van der Waals surface area contributed by atoms with Crippen LogP contribution in [0.5, 0.6) is 0 Å². The maximum absolute atomic E-state index is 13.8. The first-order valence-electron chi connectivity index (χ1n) is 7.50. The molecule has 0 radical (unpaired) electrons. The zero-order valence-electron chi connectivity index (χ0n) is 12.4. The van der Waals surface area contributed by atoms with Crippen LogP contribution in [0.4, 0.5) is 4.39 Å². The van der Waals surface area contributed by atoms with Gasteiger partial charge in [0.2, 0.25) is 5.91 Å². The number of benzene rings is 1. The van der Waals surface area contributed by atoms with Crippen LogP contribution in [-0.4, -0.2) is 47.8 Å². The minimum atomic E-state index is -0.609. The summed E-state index contributed by atoms with van der Waals surface area (Å²) in [5.41, 5.74) is 0.0278. The van der Waals surface area contributed by atoms with Crippen LogP contribution in [0.25, 0.3) is 0 Å². The fraction of sp³-hybridized carbons (Fsp3) is 0.500. The predicted octanol–water partition coefficient (Wildman–Crippen LogP) is 2.42. The molecule has 1 aliphatic heterocycles. The van der Waals surface area contributed by atoms with Crippen molar-refractivity contribution >= 4 is 23.4 Å². The fourth-order valence-corrected chi connectivity index (χ4v) is 3.02. The molecule has 2 amide bonds. The summed E-state index contributed by atoms with van der Waals surface area (Å²) in [6.45, 7) is 3.99. The number of piperazine rings is 1. The van der Waals surface area contributed by atoms with Crippen LogP contribution in [0.15, 0.2) is 18.2 Å². The molecular weight excluding hydrogens is 307 g/mol. The summed E-state index contributed by atoms with van der Waals surface area (Å²) in [5.74, 6) is -0.118. The third kappa shape index (κ3) is 2.95. The molecule has 0 unspecified atom stereocenters. The quantitative estimate of drug-likeness (QED) is 0.838. The summed E-state index contributed by atoms with van der Waals surface area (Å²) in [4.78, 5) is 27.9. The summed E-state index contributed by atoms with van der Waals surface area (Å²) >= 11 is 5.70. The van der Waals surface area contributed by atoms with E-state index >= 15 is 0 Å². The van der Waals surface area contributed by atoms with Crippen LogP contribution in [0.2, 0.25) is 5.02 Å². The van der Waals surface area contributed by atoms with Gasteiger partial charge in [-0.2, -0.15) is 0 Å². The molecule has 1 aromatic carbocycles. The molecule has 1 saturated heterocycles. The van der Waals surface area contributed by atoms with Gasteiger partial charge in [0.05, 0.1) is 5.56 Å². The fourth-order valence-electron chi connectivity index (χ4n) is 2.86. The second-order valence-electron chi connectivity index (χ2n) is 6.06. The van der Waals surface area contributed by atoms with Crippen molar-refractivity contribution in [3.63, 3.8) is 0 Å². The molecule has 22 heavy (non-hydrogen) atoms. The van der Waals surface area contributed by atoms with Crippen molar-refractivity contribution in [3.05, 3.63) is 34.6 Å². The van der Waals surface area contributed by atoms with Crippen molar-refractivity contribution in [3.8, 4) is 0 Å². The molecule has 0 spiro atoms. The monoisotopic (exact) mass is 324 g/mol. The molecule has 1 heterocycles. The van der Waals surface area contributed by atoms with E-state index in [1.165, 1.54) is 12.1 Å². The van der Waals surface area contributed by atoms with E-state index in [9.17, 15) is 14.0 Å². The van der Waals surface area contributed by atoms with Gasteiger partial charge in [-0.05, 0) is 30.5 Å². The van der Waals surface area contributed by atoms with Crippen LogP contribution < -0.4 is 0 Å². The Labute approximate surface area is 133 Å². The van der Waals surface area contributed by atoms with Crippen LogP contribution in [0.1, 0.15) is 23.7 Å². The summed E-state index contributed by atoms with van der Waals surface area (Å²) in [7, 11) is 0. The van der Waals surface area contributed by atoms with Crippen LogP contribution >= 0.6 is 11.6 Å². The molecule has 2 aliphatic rings. The highest BCUT2D eigenvalue weighted by Crippen LogP contribution is 2.39. The first-order valence-corrected chi connectivity index (χ1v) is 7.88. The SMILES string of the molecule is C[C@@H]1C[C@H]1C(=O)N1CCN(C(=O)c2ccc(Cl)cc2F)CC1. The van der Waals surface area contributed by atoms with Crippen LogP contribution in [0.3, 0.4) is 0 Å². The average Bonchev–Trinajstić information content (AvgIpc) is 3.23. The third-order valence-electron chi connectivity index (χ3n) is 4.47. The van der Waals surface area contributed by atoms with E-state index in [2.05, 4.69) is 6.92 Å². The highest BCUT2D eigenvalue weighted by atomic mass is 35.5. The number of carbonyl (C=O) groups is 2. The lowest BCUT2D eigenvalue weighted by molar-refractivity contribution is -0.134. The lowest BCUT2D eigenvalue weighted by atomic mass is 10.1. The van der Waals surface area contributed by atoms with Gasteiger partial charge in [0.1, 0.15) is 5.82 Å². The van der Waals surface area contributed by atoms with Crippen molar-refractivity contribution in [2.75, 3.05) is 26.2 Å². The number of nitrogens with zero attached hydrogens (tertiary/aromatic N) is 2. The van der Waals surface area contributed by atoms with Gasteiger partial charge in [0.15, 0.2) is 0 Å². The topological polar surface area (TPSA) is 40.6 Å². The highest BCUT2D eigenvalue weighted by molar-refractivity contribution is 6.30. The molecule has 0 aromatic heterocycles. The van der Waals surface area contributed by atoms with Gasteiger partial charge in [-0.1, -0.05) is 18.5 Å². The predicted molar refractivity (Wildman–Crippen MR) is 81.2 cm³/mol. The molecule has 1 saturated carbocycles. The van der Waals surface area contributed by atoms with Gasteiger partial charge < -0.3 is 9.80 Å².